The maximum atomic E-state index is 12.7. The maximum Gasteiger partial charge on any atom is 0.282 e. The average molecular weight is 295 g/mol. The van der Waals surface area contributed by atoms with Crippen LogP contribution in [0, 0.1) is 10.1 Å². The number of nitrogens with zero attached hydrogens (tertiary/aromatic N) is 2. The summed E-state index contributed by atoms with van der Waals surface area (Å²) in [7, 11) is 0. The number of hydrogen-bond acceptors (Lipinski definition) is 3. The van der Waals surface area contributed by atoms with Gasteiger partial charge >= 0.3 is 0 Å². The Balaban J connectivity index is 1.92. The predicted molar refractivity (Wildman–Crippen MR) is 75.0 cm³/mol. The molecule has 106 valence electrons. The van der Waals surface area contributed by atoms with Crippen LogP contribution in [0.1, 0.15) is 36.0 Å². The molecule has 5 nitrogen and oxygen atoms in total. The highest BCUT2D eigenvalue weighted by Crippen LogP contribution is 2.39. The zero-order valence-electron chi connectivity index (χ0n) is 10.9. The number of para-hydroxylation sites is 1. The zero-order valence-corrected chi connectivity index (χ0v) is 11.6. The molecule has 2 bridgehead atoms. The lowest BCUT2D eigenvalue weighted by atomic mass is 10.0. The number of carbonyl (C=O) groups is 1. The number of rotatable bonds is 2. The summed E-state index contributed by atoms with van der Waals surface area (Å²) in [6.45, 7) is 0. The normalized spacial score (nSPS) is 28.4. The van der Waals surface area contributed by atoms with E-state index in [1.165, 1.54) is 12.1 Å². The number of alkyl halides is 1. The van der Waals surface area contributed by atoms with Gasteiger partial charge in [0, 0.05) is 23.5 Å². The van der Waals surface area contributed by atoms with Crippen LogP contribution in [0.3, 0.4) is 0 Å². The van der Waals surface area contributed by atoms with Gasteiger partial charge in [-0.1, -0.05) is 12.1 Å². The summed E-state index contributed by atoms with van der Waals surface area (Å²) in [4.78, 5) is 25.0. The van der Waals surface area contributed by atoms with Crippen molar-refractivity contribution in [1.82, 2.24) is 4.90 Å². The highest BCUT2D eigenvalue weighted by molar-refractivity contribution is 6.20. The second kappa shape index (κ2) is 5.05. The van der Waals surface area contributed by atoms with E-state index in [4.69, 9.17) is 11.6 Å². The monoisotopic (exact) mass is 294 g/mol. The molecular weight excluding hydrogens is 280 g/mol. The van der Waals surface area contributed by atoms with E-state index < -0.39 is 4.92 Å². The topological polar surface area (TPSA) is 63.4 Å². The van der Waals surface area contributed by atoms with Crippen molar-refractivity contribution in [3.05, 3.63) is 39.9 Å². The fourth-order valence-electron chi connectivity index (χ4n) is 3.40. The lowest BCUT2D eigenvalue weighted by Gasteiger charge is -2.37. The van der Waals surface area contributed by atoms with Crippen LogP contribution in [0.15, 0.2) is 24.3 Å². The third kappa shape index (κ3) is 2.16. The Morgan fingerprint density at radius 1 is 1.25 bits per heavy atom. The molecule has 3 rings (SSSR count). The summed E-state index contributed by atoms with van der Waals surface area (Å²) in [5.41, 5.74) is 0.0623. The number of nitro benzene ring substituents is 1. The first-order valence-corrected chi connectivity index (χ1v) is 7.21. The molecule has 0 aromatic heterocycles. The highest BCUT2D eigenvalue weighted by Gasteiger charge is 2.43. The maximum absolute atomic E-state index is 12.7. The lowest BCUT2D eigenvalue weighted by molar-refractivity contribution is -0.385. The summed E-state index contributed by atoms with van der Waals surface area (Å²) in [6.07, 6.45) is 3.45. The van der Waals surface area contributed by atoms with Gasteiger partial charge in [0.2, 0.25) is 0 Å². The van der Waals surface area contributed by atoms with Crippen LogP contribution in [-0.2, 0) is 0 Å². The molecule has 2 aliphatic heterocycles. The molecule has 2 unspecified atom stereocenters. The van der Waals surface area contributed by atoms with Gasteiger partial charge in [0.1, 0.15) is 5.56 Å². The van der Waals surface area contributed by atoms with Gasteiger partial charge < -0.3 is 4.90 Å². The van der Waals surface area contributed by atoms with E-state index >= 15 is 0 Å². The van der Waals surface area contributed by atoms with E-state index in [1.54, 1.807) is 12.1 Å². The molecule has 1 aromatic rings. The quantitative estimate of drug-likeness (QED) is 0.478. The Labute approximate surface area is 121 Å². The highest BCUT2D eigenvalue weighted by atomic mass is 35.5. The number of halogens is 1. The van der Waals surface area contributed by atoms with Gasteiger partial charge in [0.05, 0.1) is 4.92 Å². The van der Waals surface area contributed by atoms with E-state index in [0.29, 0.717) is 0 Å². The largest absolute Gasteiger partial charge is 0.332 e. The second-order valence-electron chi connectivity index (χ2n) is 5.44. The molecule has 1 aromatic carbocycles. The van der Waals surface area contributed by atoms with Crippen molar-refractivity contribution in [2.75, 3.05) is 0 Å². The second-order valence-corrected chi connectivity index (χ2v) is 6.06. The molecule has 0 N–H and O–H groups in total. The van der Waals surface area contributed by atoms with Gasteiger partial charge in [0.25, 0.3) is 11.6 Å². The number of hydrogen-bond donors (Lipinski definition) is 0. The molecule has 0 spiro atoms. The van der Waals surface area contributed by atoms with Crippen molar-refractivity contribution >= 4 is 23.2 Å². The number of fused-ring (bicyclic) bond motifs is 2. The summed E-state index contributed by atoms with van der Waals surface area (Å²) in [5, 5.41) is 11.2. The molecule has 1 amide bonds. The van der Waals surface area contributed by atoms with E-state index in [2.05, 4.69) is 0 Å². The van der Waals surface area contributed by atoms with E-state index in [-0.39, 0.29) is 34.6 Å². The summed E-state index contributed by atoms with van der Waals surface area (Å²) < 4.78 is 0. The van der Waals surface area contributed by atoms with Crippen molar-refractivity contribution in [3.63, 3.8) is 0 Å². The van der Waals surface area contributed by atoms with Crippen molar-refractivity contribution < 1.29 is 9.72 Å². The third-order valence-electron chi connectivity index (χ3n) is 4.24. The van der Waals surface area contributed by atoms with Gasteiger partial charge in [-0.15, -0.1) is 11.6 Å². The van der Waals surface area contributed by atoms with Gasteiger partial charge in [0.15, 0.2) is 0 Å². The summed E-state index contributed by atoms with van der Waals surface area (Å²) in [6, 6.07) is 6.41. The Hall–Kier alpha value is -1.62. The number of carbonyl (C=O) groups excluding carboxylic acids is 1. The molecule has 0 radical (unpaired) electrons. The van der Waals surface area contributed by atoms with Crippen LogP contribution < -0.4 is 0 Å². The number of nitro groups is 1. The first kappa shape index (κ1) is 13.4. The predicted octanol–water partition coefficient (Wildman–Crippen LogP) is 2.97. The molecule has 6 heteroatoms. The molecule has 2 fully saturated rings. The van der Waals surface area contributed by atoms with Crippen LogP contribution in [-0.4, -0.2) is 33.2 Å². The SMILES string of the molecule is O=C(c1ccccc1[N+](=O)[O-])N1C2CCC1CC(Cl)C2. The van der Waals surface area contributed by atoms with Crippen LogP contribution in [0.5, 0.6) is 0 Å². The van der Waals surface area contributed by atoms with E-state index in [0.717, 1.165) is 25.7 Å². The fraction of sp³-hybridized carbons (Fsp3) is 0.500. The number of amides is 1. The first-order chi connectivity index (χ1) is 9.58. The smallest absolute Gasteiger partial charge is 0.282 e. The molecule has 20 heavy (non-hydrogen) atoms. The third-order valence-corrected chi connectivity index (χ3v) is 4.60. The fourth-order valence-corrected chi connectivity index (χ4v) is 3.81. The molecule has 2 heterocycles. The van der Waals surface area contributed by atoms with Crippen LogP contribution in [0.2, 0.25) is 0 Å². The standard InChI is InChI=1S/C14H15ClN2O3/c15-9-7-10-5-6-11(8-9)16(10)14(18)12-3-1-2-4-13(12)17(19)20/h1-4,9-11H,5-8H2. The van der Waals surface area contributed by atoms with Crippen LogP contribution in [0.4, 0.5) is 5.69 Å². The Morgan fingerprint density at radius 2 is 1.85 bits per heavy atom. The van der Waals surface area contributed by atoms with Gasteiger partial charge in [-0.2, -0.15) is 0 Å². The van der Waals surface area contributed by atoms with Crippen molar-refractivity contribution in [3.8, 4) is 0 Å². The molecule has 2 aliphatic rings. The lowest BCUT2D eigenvalue weighted by Crippen LogP contribution is -2.47. The van der Waals surface area contributed by atoms with Gasteiger partial charge in [-0.05, 0) is 31.7 Å². The van der Waals surface area contributed by atoms with Gasteiger partial charge in [-0.25, -0.2) is 0 Å². The molecule has 2 saturated heterocycles. The summed E-state index contributed by atoms with van der Waals surface area (Å²) >= 11 is 6.20. The van der Waals surface area contributed by atoms with Crippen LogP contribution >= 0.6 is 11.6 Å². The van der Waals surface area contributed by atoms with E-state index in [9.17, 15) is 14.9 Å². The minimum atomic E-state index is -0.497. The Morgan fingerprint density at radius 3 is 2.45 bits per heavy atom. The van der Waals surface area contributed by atoms with E-state index in [1.807, 2.05) is 4.90 Å². The first-order valence-electron chi connectivity index (χ1n) is 6.78. The van der Waals surface area contributed by atoms with Gasteiger partial charge in [-0.3, -0.25) is 14.9 Å². The minimum absolute atomic E-state index is 0.113. The zero-order chi connectivity index (χ0) is 14.3. The average Bonchev–Trinajstić information content (AvgIpc) is 2.70. The molecule has 0 aliphatic carbocycles. The molecular formula is C14H15ClN2O3. The Kier molecular flexibility index (Phi) is 3.38. The van der Waals surface area contributed by atoms with Crippen LogP contribution in [0.25, 0.3) is 0 Å². The number of benzene rings is 1. The van der Waals surface area contributed by atoms with Crippen molar-refractivity contribution in [2.45, 2.75) is 43.1 Å². The molecule has 0 saturated carbocycles. The van der Waals surface area contributed by atoms with Crippen molar-refractivity contribution in [2.24, 2.45) is 0 Å². The molecule has 2 atom stereocenters. The number of piperidine rings is 1. The minimum Gasteiger partial charge on any atom is -0.332 e. The summed E-state index contributed by atoms with van der Waals surface area (Å²) in [5.74, 6) is -0.228. The Bertz CT molecular complexity index is 549. The van der Waals surface area contributed by atoms with Crippen molar-refractivity contribution in [1.29, 1.82) is 0 Å².